The topological polar surface area (TPSA) is 46.2 Å². The molecule has 1 aromatic carbocycles. The van der Waals surface area contributed by atoms with Crippen molar-refractivity contribution in [3.05, 3.63) is 34.3 Å². The van der Waals surface area contributed by atoms with Gasteiger partial charge in [-0.2, -0.15) is 0 Å². The average molecular weight is 340 g/mol. The predicted octanol–water partition coefficient (Wildman–Crippen LogP) is 4.21. The lowest BCUT2D eigenvalue weighted by molar-refractivity contribution is 0.123. The van der Waals surface area contributed by atoms with Crippen molar-refractivity contribution in [1.29, 1.82) is 0 Å². The summed E-state index contributed by atoms with van der Waals surface area (Å²) in [6.07, 6.45) is 8.48. The van der Waals surface area contributed by atoms with Crippen molar-refractivity contribution in [3.63, 3.8) is 0 Å². The standard InChI is InChI=1S/C17H26BrNO/c18-16-9-5-4-8-14(16)15(12-19)17(20)11-10-13-6-2-1-3-7-13/h4-5,8-9,13,15,17,20H,1-3,6-7,10-12,19H2. The molecule has 0 bridgehead atoms. The van der Waals surface area contributed by atoms with Crippen LogP contribution in [0.3, 0.4) is 0 Å². The highest BCUT2D eigenvalue weighted by molar-refractivity contribution is 9.10. The minimum absolute atomic E-state index is 0.0363. The second kappa shape index (κ2) is 8.16. The SMILES string of the molecule is NCC(c1ccccc1Br)C(O)CCC1CCCCC1. The van der Waals surface area contributed by atoms with E-state index in [1.807, 2.05) is 18.2 Å². The zero-order valence-corrected chi connectivity index (χ0v) is 13.7. The van der Waals surface area contributed by atoms with Gasteiger partial charge in [0.1, 0.15) is 0 Å². The summed E-state index contributed by atoms with van der Waals surface area (Å²) >= 11 is 3.57. The molecule has 1 saturated carbocycles. The van der Waals surface area contributed by atoms with E-state index in [1.54, 1.807) is 0 Å². The van der Waals surface area contributed by atoms with Gasteiger partial charge in [0.15, 0.2) is 0 Å². The third-order valence-corrected chi connectivity index (χ3v) is 5.34. The molecule has 2 nitrogen and oxygen atoms in total. The van der Waals surface area contributed by atoms with Crippen LogP contribution in [0, 0.1) is 5.92 Å². The maximum absolute atomic E-state index is 10.5. The molecule has 0 saturated heterocycles. The first-order chi connectivity index (χ1) is 9.72. The van der Waals surface area contributed by atoms with Crippen molar-refractivity contribution in [2.24, 2.45) is 11.7 Å². The fourth-order valence-electron chi connectivity index (χ4n) is 3.35. The Labute approximate surface area is 130 Å². The van der Waals surface area contributed by atoms with E-state index in [2.05, 4.69) is 22.0 Å². The van der Waals surface area contributed by atoms with E-state index in [9.17, 15) is 5.11 Å². The van der Waals surface area contributed by atoms with Gasteiger partial charge in [-0.25, -0.2) is 0 Å². The molecule has 3 N–H and O–H groups in total. The first-order valence-electron chi connectivity index (χ1n) is 7.85. The molecule has 0 spiro atoms. The van der Waals surface area contributed by atoms with Crippen LogP contribution in [0.5, 0.6) is 0 Å². The van der Waals surface area contributed by atoms with Crippen LogP contribution in [0.15, 0.2) is 28.7 Å². The number of rotatable bonds is 6. The van der Waals surface area contributed by atoms with Crippen LogP contribution >= 0.6 is 15.9 Å². The van der Waals surface area contributed by atoms with Gasteiger partial charge in [0.05, 0.1) is 6.10 Å². The fourth-order valence-corrected chi connectivity index (χ4v) is 3.93. The van der Waals surface area contributed by atoms with Crippen LogP contribution in [0.1, 0.15) is 56.4 Å². The van der Waals surface area contributed by atoms with Crippen LogP contribution in [0.4, 0.5) is 0 Å². The molecule has 1 aliphatic carbocycles. The van der Waals surface area contributed by atoms with Gasteiger partial charge in [-0.3, -0.25) is 0 Å². The highest BCUT2D eigenvalue weighted by Gasteiger charge is 2.23. The predicted molar refractivity (Wildman–Crippen MR) is 87.8 cm³/mol. The van der Waals surface area contributed by atoms with Crippen LogP contribution in [0.25, 0.3) is 0 Å². The van der Waals surface area contributed by atoms with Crippen LogP contribution < -0.4 is 5.73 Å². The van der Waals surface area contributed by atoms with Gasteiger partial charge < -0.3 is 10.8 Å². The lowest BCUT2D eigenvalue weighted by atomic mass is 9.83. The number of nitrogens with two attached hydrogens (primary N) is 1. The number of hydrogen-bond donors (Lipinski definition) is 2. The molecule has 20 heavy (non-hydrogen) atoms. The molecule has 1 fully saturated rings. The molecule has 2 unspecified atom stereocenters. The monoisotopic (exact) mass is 339 g/mol. The third kappa shape index (κ3) is 4.31. The molecule has 0 heterocycles. The first-order valence-corrected chi connectivity index (χ1v) is 8.64. The zero-order valence-electron chi connectivity index (χ0n) is 12.1. The number of aliphatic hydroxyl groups excluding tert-OH is 1. The summed E-state index contributed by atoms with van der Waals surface area (Å²) in [4.78, 5) is 0. The summed E-state index contributed by atoms with van der Waals surface area (Å²) in [5.74, 6) is 0.852. The normalized spacial score (nSPS) is 19.8. The van der Waals surface area contributed by atoms with Crippen molar-refractivity contribution in [2.75, 3.05) is 6.54 Å². The van der Waals surface area contributed by atoms with Gasteiger partial charge >= 0.3 is 0 Å². The molecule has 3 heteroatoms. The Morgan fingerprint density at radius 1 is 1.20 bits per heavy atom. The molecule has 0 aliphatic heterocycles. The molecule has 0 radical (unpaired) electrons. The Morgan fingerprint density at radius 2 is 1.90 bits per heavy atom. The van der Waals surface area contributed by atoms with E-state index < -0.39 is 0 Å². The maximum Gasteiger partial charge on any atom is 0.0621 e. The molecular formula is C17H26BrNO. The molecule has 2 rings (SSSR count). The van der Waals surface area contributed by atoms with E-state index in [0.717, 1.165) is 28.8 Å². The minimum Gasteiger partial charge on any atom is -0.392 e. The Hall–Kier alpha value is -0.380. The van der Waals surface area contributed by atoms with Crippen LogP contribution in [-0.4, -0.2) is 17.8 Å². The summed E-state index contributed by atoms with van der Waals surface area (Å²) in [5, 5.41) is 10.5. The zero-order chi connectivity index (χ0) is 14.4. The van der Waals surface area contributed by atoms with E-state index in [-0.39, 0.29) is 12.0 Å². The largest absolute Gasteiger partial charge is 0.392 e. The van der Waals surface area contributed by atoms with Crippen molar-refractivity contribution in [3.8, 4) is 0 Å². The van der Waals surface area contributed by atoms with Gasteiger partial charge in [-0.05, 0) is 30.4 Å². The van der Waals surface area contributed by atoms with Gasteiger partial charge in [0.25, 0.3) is 0 Å². The van der Waals surface area contributed by atoms with Gasteiger partial charge in [0.2, 0.25) is 0 Å². The highest BCUT2D eigenvalue weighted by Crippen LogP contribution is 2.32. The summed E-state index contributed by atoms with van der Waals surface area (Å²) < 4.78 is 1.05. The smallest absolute Gasteiger partial charge is 0.0621 e. The molecule has 2 atom stereocenters. The lowest BCUT2D eigenvalue weighted by Gasteiger charge is -2.26. The van der Waals surface area contributed by atoms with Crippen molar-refractivity contribution >= 4 is 15.9 Å². The van der Waals surface area contributed by atoms with E-state index in [1.165, 1.54) is 32.1 Å². The third-order valence-electron chi connectivity index (χ3n) is 4.62. The first kappa shape index (κ1) is 16.0. The molecule has 1 aliphatic rings. The van der Waals surface area contributed by atoms with Gasteiger partial charge in [-0.1, -0.05) is 66.2 Å². The Morgan fingerprint density at radius 3 is 2.55 bits per heavy atom. The summed E-state index contributed by atoms with van der Waals surface area (Å²) in [6, 6.07) is 8.09. The van der Waals surface area contributed by atoms with Crippen molar-refractivity contribution < 1.29 is 5.11 Å². The number of aliphatic hydroxyl groups is 1. The molecule has 1 aromatic rings. The lowest BCUT2D eigenvalue weighted by Crippen LogP contribution is -2.27. The fraction of sp³-hybridized carbons (Fsp3) is 0.647. The van der Waals surface area contributed by atoms with E-state index >= 15 is 0 Å². The van der Waals surface area contributed by atoms with E-state index in [0.29, 0.717) is 6.54 Å². The van der Waals surface area contributed by atoms with Crippen LogP contribution in [-0.2, 0) is 0 Å². The summed E-state index contributed by atoms with van der Waals surface area (Å²) in [7, 11) is 0. The Kier molecular flexibility index (Phi) is 6.53. The van der Waals surface area contributed by atoms with Crippen molar-refractivity contribution in [2.45, 2.75) is 57.0 Å². The molecular weight excluding hydrogens is 314 g/mol. The second-order valence-electron chi connectivity index (χ2n) is 6.01. The average Bonchev–Trinajstić information content (AvgIpc) is 2.49. The highest BCUT2D eigenvalue weighted by atomic mass is 79.9. The van der Waals surface area contributed by atoms with Gasteiger partial charge in [-0.15, -0.1) is 0 Å². The summed E-state index contributed by atoms with van der Waals surface area (Å²) in [6.45, 7) is 0.494. The second-order valence-corrected chi connectivity index (χ2v) is 6.87. The number of halogens is 1. The number of benzene rings is 1. The Balaban J connectivity index is 1.91. The molecule has 0 aromatic heterocycles. The van der Waals surface area contributed by atoms with Crippen molar-refractivity contribution in [1.82, 2.24) is 0 Å². The molecule has 0 amide bonds. The van der Waals surface area contributed by atoms with Gasteiger partial charge in [0, 0.05) is 16.9 Å². The quantitative estimate of drug-likeness (QED) is 0.815. The maximum atomic E-state index is 10.5. The van der Waals surface area contributed by atoms with Crippen LogP contribution in [0.2, 0.25) is 0 Å². The Bertz CT molecular complexity index is 404. The summed E-state index contributed by atoms with van der Waals surface area (Å²) in [5.41, 5.74) is 7.03. The van der Waals surface area contributed by atoms with E-state index in [4.69, 9.17) is 5.73 Å². The minimum atomic E-state index is -0.333. The molecule has 112 valence electrons. The number of hydrogen-bond acceptors (Lipinski definition) is 2.